The Kier molecular flexibility index (Phi) is 3.47. The summed E-state index contributed by atoms with van der Waals surface area (Å²) in [6.07, 6.45) is 2.35. The van der Waals surface area contributed by atoms with Crippen LogP contribution in [0.15, 0.2) is 24.3 Å². The molecule has 1 fully saturated rings. The normalized spacial score (nSPS) is 14.2. The Hall–Kier alpha value is -2.21. The zero-order valence-electron chi connectivity index (χ0n) is 11.3. The smallest absolute Gasteiger partial charge is 0.238 e. The third-order valence-corrected chi connectivity index (χ3v) is 3.13. The third-order valence-electron chi connectivity index (χ3n) is 3.13. The Morgan fingerprint density at radius 3 is 3.00 bits per heavy atom. The van der Waals surface area contributed by atoms with E-state index in [-0.39, 0.29) is 5.91 Å². The molecule has 6 nitrogen and oxygen atoms in total. The van der Waals surface area contributed by atoms with Gasteiger partial charge in [0, 0.05) is 17.3 Å². The highest BCUT2D eigenvalue weighted by Gasteiger charge is 2.21. The lowest BCUT2D eigenvalue weighted by Gasteiger charge is -2.06. The van der Waals surface area contributed by atoms with E-state index in [0.717, 1.165) is 17.1 Å². The van der Waals surface area contributed by atoms with Crippen LogP contribution in [0.1, 0.15) is 18.7 Å². The number of H-pyrrole nitrogens is 1. The van der Waals surface area contributed by atoms with Gasteiger partial charge in [-0.25, -0.2) is 4.98 Å². The number of nitrogens with zero attached hydrogens (tertiary/aromatic N) is 2. The molecule has 104 valence electrons. The Bertz CT molecular complexity index is 618. The molecular weight excluding hydrogens is 254 g/mol. The van der Waals surface area contributed by atoms with Gasteiger partial charge in [0.25, 0.3) is 0 Å². The first kappa shape index (κ1) is 12.8. The minimum Gasteiger partial charge on any atom is -0.325 e. The van der Waals surface area contributed by atoms with Crippen molar-refractivity contribution in [3.05, 3.63) is 30.1 Å². The number of rotatable bonds is 5. The van der Waals surface area contributed by atoms with Crippen molar-refractivity contribution in [2.24, 2.45) is 0 Å². The maximum absolute atomic E-state index is 11.8. The molecule has 6 heteroatoms. The number of benzene rings is 1. The molecule has 0 radical (unpaired) electrons. The van der Waals surface area contributed by atoms with Gasteiger partial charge in [-0.05, 0) is 31.9 Å². The van der Waals surface area contributed by atoms with E-state index in [1.807, 2.05) is 31.2 Å². The average molecular weight is 271 g/mol. The number of aromatic nitrogens is 3. The first-order valence-corrected chi connectivity index (χ1v) is 6.73. The summed E-state index contributed by atoms with van der Waals surface area (Å²) in [6, 6.07) is 8.06. The Morgan fingerprint density at radius 2 is 2.30 bits per heavy atom. The average Bonchev–Trinajstić information content (AvgIpc) is 3.17. The Morgan fingerprint density at radius 1 is 1.45 bits per heavy atom. The number of anilines is 1. The molecule has 3 N–H and O–H groups in total. The summed E-state index contributed by atoms with van der Waals surface area (Å²) in [4.78, 5) is 16.1. The minimum atomic E-state index is -0.0276. The summed E-state index contributed by atoms with van der Waals surface area (Å²) in [6.45, 7) is 2.21. The van der Waals surface area contributed by atoms with Crippen molar-refractivity contribution < 1.29 is 4.79 Å². The fourth-order valence-electron chi connectivity index (χ4n) is 1.94. The summed E-state index contributed by atoms with van der Waals surface area (Å²) < 4.78 is 0. The number of aromatic amines is 1. The number of aryl methyl sites for hydroxylation is 1. The molecule has 1 aromatic carbocycles. The van der Waals surface area contributed by atoms with E-state index in [9.17, 15) is 4.79 Å². The zero-order valence-corrected chi connectivity index (χ0v) is 11.3. The first-order valence-electron chi connectivity index (χ1n) is 6.73. The zero-order chi connectivity index (χ0) is 13.9. The lowest BCUT2D eigenvalue weighted by atomic mass is 10.2. The van der Waals surface area contributed by atoms with Gasteiger partial charge in [-0.3, -0.25) is 9.89 Å². The van der Waals surface area contributed by atoms with Crippen LogP contribution in [0.2, 0.25) is 0 Å². The summed E-state index contributed by atoms with van der Waals surface area (Å²) in [5, 5.41) is 13.0. The van der Waals surface area contributed by atoms with E-state index < -0.39 is 0 Å². The molecule has 2 aromatic rings. The highest BCUT2D eigenvalue weighted by Crippen LogP contribution is 2.20. The van der Waals surface area contributed by atoms with Gasteiger partial charge in [-0.15, -0.1) is 0 Å². The number of nitrogens with one attached hydrogen (secondary N) is 3. The number of carbonyl (C=O) groups is 1. The summed E-state index contributed by atoms with van der Waals surface area (Å²) in [5.74, 6) is 1.37. The van der Waals surface area contributed by atoms with Crippen LogP contribution in [-0.2, 0) is 4.79 Å². The second-order valence-corrected chi connectivity index (χ2v) is 5.03. The molecule has 1 aliphatic rings. The molecule has 0 unspecified atom stereocenters. The molecule has 1 aliphatic carbocycles. The van der Waals surface area contributed by atoms with Crippen LogP contribution in [0, 0.1) is 6.92 Å². The summed E-state index contributed by atoms with van der Waals surface area (Å²) in [7, 11) is 0. The van der Waals surface area contributed by atoms with Crippen molar-refractivity contribution in [1.29, 1.82) is 0 Å². The maximum Gasteiger partial charge on any atom is 0.238 e. The molecule has 3 rings (SSSR count). The van der Waals surface area contributed by atoms with Crippen molar-refractivity contribution in [2.75, 3.05) is 11.9 Å². The van der Waals surface area contributed by atoms with Crippen LogP contribution in [0.25, 0.3) is 11.4 Å². The lowest BCUT2D eigenvalue weighted by molar-refractivity contribution is -0.115. The van der Waals surface area contributed by atoms with Crippen LogP contribution < -0.4 is 10.6 Å². The van der Waals surface area contributed by atoms with Gasteiger partial charge in [0.05, 0.1) is 6.54 Å². The van der Waals surface area contributed by atoms with E-state index in [1.165, 1.54) is 12.8 Å². The second-order valence-electron chi connectivity index (χ2n) is 5.03. The SMILES string of the molecule is Cc1nc(-c2cccc(NC(=O)CNC3CC3)c2)n[nH]1. The number of hydrogen-bond acceptors (Lipinski definition) is 4. The van der Waals surface area contributed by atoms with E-state index in [4.69, 9.17) is 0 Å². The summed E-state index contributed by atoms with van der Waals surface area (Å²) >= 11 is 0. The molecule has 1 aromatic heterocycles. The van der Waals surface area contributed by atoms with Gasteiger partial charge in [0.2, 0.25) is 5.91 Å². The third kappa shape index (κ3) is 3.21. The Labute approximate surface area is 117 Å². The lowest BCUT2D eigenvalue weighted by Crippen LogP contribution is -2.29. The molecular formula is C14H17N5O. The highest BCUT2D eigenvalue weighted by atomic mass is 16.1. The van der Waals surface area contributed by atoms with Crippen LogP contribution in [0.3, 0.4) is 0 Å². The van der Waals surface area contributed by atoms with Crippen molar-refractivity contribution >= 4 is 11.6 Å². The molecule has 1 amide bonds. The van der Waals surface area contributed by atoms with E-state index in [0.29, 0.717) is 18.4 Å². The van der Waals surface area contributed by atoms with Gasteiger partial charge in [0.1, 0.15) is 5.82 Å². The van der Waals surface area contributed by atoms with E-state index in [2.05, 4.69) is 25.8 Å². The number of carbonyl (C=O) groups excluding carboxylic acids is 1. The van der Waals surface area contributed by atoms with Crippen molar-refractivity contribution in [3.63, 3.8) is 0 Å². The quantitative estimate of drug-likeness (QED) is 0.769. The first-order chi connectivity index (χ1) is 9.70. The van der Waals surface area contributed by atoms with Gasteiger partial charge < -0.3 is 10.6 Å². The fraction of sp³-hybridized carbons (Fsp3) is 0.357. The van der Waals surface area contributed by atoms with Crippen molar-refractivity contribution in [2.45, 2.75) is 25.8 Å². The molecule has 0 bridgehead atoms. The molecule has 0 atom stereocenters. The molecule has 20 heavy (non-hydrogen) atoms. The van der Waals surface area contributed by atoms with E-state index >= 15 is 0 Å². The van der Waals surface area contributed by atoms with Crippen molar-refractivity contribution in [1.82, 2.24) is 20.5 Å². The highest BCUT2D eigenvalue weighted by molar-refractivity contribution is 5.92. The molecule has 0 spiro atoms. The summed E-state index contributed by atoms with van der Waals surface area (Å²) in [5.41, 5.74) is 1.63. The van der Waals surface area contributed by atoms with Crippen molar-refractivity contribution in [3.8, 4) is 11.4 Å². The molecule has 1 saturated carbocycles. The molecule has 1 heterocycles. The predicted molar refractivity (Wildman–Crippen MR) is 76.2 cm³/mol. The largest absolute Gasteiger partial charge is 0.325 e. The van der Waals surface area contributed by atoms with Gasteiger partial charge in [-0.1, -0.05) is 12.1 Å². The number of hydrogen-bond donors (Lipinski definition) is 3. The molecule has 0 aliphatic heterocycles. The predicted octanol–water partition coefficient (Wildman–Crippen LogP) is 1.47. The van der Waals surface area contributed by atoms with Crippen LogP contribution in [-0.4, -0.2) is 33.7 Å². The Balaban J connectivity index is 1.65. The monoisotopic (exact) mass is 271 g/mol. The van der Waals surface area contributed by atoms with E-state index in [1.54, 1.807) is 0 Å². The van der Waals surface area contributed by atoms with Crippen LogP contribution in [0.5, 0.6) is 0 Å². The molecule has 0 saturated heterocycles. The van der Waals surface area contributed by atoms with Gasteiger partial charge >= 0.3 is 0 Å². The van der Waals surface area contributed by atoms with Crippen LogP contribution >= 0.6 is 0 Å². The second kappa shape index (κ2) is 5.42. The van der Waals surface area contributed by atoms with Gasteiger partial charge in [-0.2, -0.15) is 5.10 Å². The minimum absolute atomic E-state index is 0.0276. The fourth-order valence-corrected chi connectivity index (χ4v) is 1.94. The number of amides is 1. The maximum atomic E-state index is 11.8. The van der Waals surface area contributed by atoms with Gasteiger partial charge in [0.15, 0.2) is 5.82 Å². The van der Waals surface area contributed by atoms with Crippen LogP contribution in [0.4, 0.5) is 5.69 Å². The standard InChI is InChI=1S/C14H17N5O/c1-9-16-14(19-18-9)10-3-2-4-12(7-10)17-13(20)8-15-11-5-6-11/h2-4,7,11,15H,5-6,8H2,1H3,(H,17,20)(H,16,18,19). The topological polar surface area (TPSA) is 82.7 Å².